The van der Waals surface area contributed by atoms with Gasteiger partial charge in [-0.25, -0.2) is 14.5 Å². The number of aromatic nitrogens is 5. The average molecular weight is 262 g/mol. The fourth-order valence-electron chi connectivity index (χ4n) is 2.23. The minimum Gasteiger partial charge on any atom is -0.340 e. The number of nitrogens with zero attached hydrogens (tertiary/aromatic N) is 6. The third-order valence-electron chi connectivity index (χ3n) is 3.22. The van der Waals surface area contributed by atoms with Crippen molar-refractivity contribution >= 4 is 5.91 Å². The first-order valence-electron chi connectivity index (χ1n) is 5.96. The van der Waals surface area contributed by atoms with Gasteiger partial charge < -0.3 is 9.47 Å². The zero-order chi connectivity index (χ0) is 13.6. The summed E-state index contributed by atoms with van der Waals surface area (Å²) < 4.78 is 4.63. The molecule has 0 unspecified atom stereocenters. The van der Waals surface area contributed by atoms with Crippen LogP contribution in [-0.4, -0.2) is 41.3 Å². The lowest BCUT2D eigenvalue weighted by atomic mass is 10.3. The Kier molecular flexibility index (Phi) is 2.51. The van der Waals surface area contributed by atoms with Gasteiger partial charge in [-0.05, 0) is 0 Å². The number of hydrogen-bond donors (Lipinski definition) is 0. The molecule has 3 heterocycles. The summed E-state index contributed by atoms with van der Waals surface area (Å²) >= 11 is 0. The van der Waals surface area contributed by atoms with E-state index in [4.69, 9.17) is 0 Å². The number of rotatable bonds is 1. The van der Waals surface area contributed by atoms with E-state index in [1.54, 1.807) is 33.6 Å². The molecule has 3 rings (SSSR count). The van der Waals surface area contributed by atoms with Gasteiger partial charge in [0, 0.05) is 33.4 Å². The second-order valence-electron chi connectivity index (χ2n) is 4.63. The van der Waals surface area contributed by atoms with E-state index in [0.717, 1.165) is 0 Å². The van der Waals surface area contributed by atoms with Crippen LogP contribution >= 0.6 is 0 Å². The topological polar surface area (TPSA) is 78.0 Å². The molecule has 100 valence electrons. The number of carbonyl (C=O) groups is 1. The first-order valence-corrected chi connectivity index (χ1v) is 5.96. The molecule has 0 radical (unpaired) electrons. The summed E-state index contributed by atoms with van der Waals surface area (Å²) in [5, 5.41) is 4.13. The Bertz CT molecular complexity index is 694. The highest BCUT2D eigenvalue weighted by atomic mass is 16.2. The number of fused-ring (bicyclic) bond motifs is 1. The van der Waals surface area contributed by atoms with Crippen LogP contribution in [0.1, 0.15) is 16.3 Å². The molecule has 0 bridgehead atoms. The van der Waals surface area contributed by atoms with E-state index in [1.165, 1.54) is 4.68 Å². The van der Waals surface area contributed by atoms with E-state index in [1.807, 2.05) is 7.05 Å². The maximum absolute atomic E-state index is 12.2. The van der Waals surface area contributed by atoms with Gasteiger partial charge in [-0.15, -0.1) is 0 Å². The molecule has 2 aromatic rings. The fourth-order valence-corrected chi connectivity index (χ4v) is 2.23. The summed E-state index contributed by atoms with van der Waals surface area (Å²) in [6.45, 7) is 1.31. The van der Waals surface area contributed by atoms with Crippen LogP contribution < -0.4 is 5.69 Å². The summed E-state index contributed by atoms with van der Waals surface area (Å²) in [6.07, 6.45) is 3.27. The van der Waals surface area contributed by atoms with Crippen molar-refractivity contribution in [2.45, 2.75) is 13.1 Å². The minimum atomic E-state index is -0.139. The van der Waals surface area contributed by atoms with E-state index >= 15 is 0 Å². The van der Waals surface area contributed by atoms with Crippen molar-refractivity contribution in [1.29, 1.82) is 0 Å². The van der Waals surface area contributed by atoms with Crippen molar-refractivity contribution in [2.24, 2.45) is 14.1 Å². The van der Waals surface area contributed by atoms with Gasteiger partial charge in [0.05, 0.1) is 12.9 Å². The lowest BCUT2D eigenvalue weighted by molar-refractivity contribution is 0.0701. The first kappa shape index (κ1) is 11.7. The van der Waals surface area contributed by atoms with Crippen LogP contribution in [0.2, 0.25) is 0 Å². The second kappa shape index (κ2) is 4.08. The van der Waals surface area contributed by atoms with Gasteiger partial charge in [0.25, 0.3) is 5.91 Å². The Morgan fingerprint density at radius 1 is 1.32 bits per heavy atom. The van der Waals surface area contributed by atoms with Crippen LogP contribution in [0.15, 0.2) is 17.3 Å². The van der Waals surface area contributed by atoms with Crippen LogP contribution in [-0.2, 0) is 27.2 Å². The number of hydrogen-bond acceptors (Lipinski definition) is 4. The summed E-state index contributed by atoms with van der Waals surface area (Å²) in [5.41, 5.74) is 0.272. The quantitative estimate of drug-likeness (QED) is 0.658. The molecule has 0 aliphatic carbocycles. The molecule has 0 aromatic carbocycles. The van der Waals surface area contributed by atoms with Crippen molar-refractivity contribution in [2.75, 3.05) is 6.54 Å². The van der Waals surface area contributed by atoms with E-state index in [0.29, 0.717) is 31.2 Å². The Morgan fingerprint density at radius 2 is 2.11 bits per heavy atom. The van der Waals surface area contributed by atoms with E-state index < -0.39 is 0 Å². The molecular formula is C11H14N6O2. The third kappa shape index (κ3) is 1.85. The Labute approximate surface area is 108 Å². The molecule has 0 atom stereocenters. The van der Waals surface area contributed by atoms with E-state index in [2.05, 4.69) is 10.1 Å². The largest absolute Gasteiger partial charge is 0.345 e. The van der Waals surface area contributed by atoms with Gasteiger partial charge in [0.2, 0.25) is 0 Å². The summed E-state index contributed by atoms with van der Waals surface area (Å²) in [4.78, 5) is 29.7. The van der Waals surface area contributed by atoms with Gasteiger partial charge in [0.15, 0.2) is 5.82 Å². The predicted molar refractivity (Wildman–Crippen MR) is 65.4 cm³/mol. The van der Waals surface area contributed by atoms with Crippen LogP contribution in [0, 0.1) is 0 Å². The predicted octanol–water partition coefficient (Wildman–Crippen LogP) is -1.03. The lowest BCUT2D eigenvalue weighted by Crippen LogP contribution is -2.41. The molecule has 19 heavy (non-hydrogen) atoms. The van der Waals surface area contributed by atoms with Gasteiger partial charge in [-0.2, -0.15) is 5.10 Å². The minimum absolute atomic E-state index is 0.134. The maximum atomic E-state index is 12.2. The van der Waals surface area contributed by atoms with E-state index in [9.17, 15) is 9.59 Å². The van der Waals surface area contributed by atoms with Crippen LogP contribution in [0.4, 0.5) is 0 Å². The van der Waals surface area contributed by atoms with Gasteiger partial charge in [-0.3, -0.25) is 9.36 Å². The molecule has 1 amide bonds. The zero-order valence-corrected chi connectivity index (χ0v) is 10.8. The number of carbonyl (C=O) groups excluding carboxylic acids is 1. The Balaban J connectivity index is 1.86. The Morgan fingerprint density at radius 3 is 2.79 bits per heavy atom. The maximum Gasteiger partial charge on any atom is 0.345 e. The summed E-state index contributed by atoms with van der Waals surface area (Å²) in [7, 11) is 3.43. The molecule has 0 N–H and O–H groups in total. The highest BCUT2D eigenvalue weighted by Gasteiger charge is 2.26. The van der Waals surface area contributed by atoms with Gasteiger partial charge >= 0.3 is 5.69 Å². The normalized spacial score (nSPS) is 14.5. The molecule has 0 saturated heterocycles. The van der Waals surface area contributed by atoms with Crippen molar-refractivity contribution in [3.63, 3.8) is 0 Å². The zero-order valence-electron chi connectivity index (χ0n) is 10.8. The number of imidazole rings is 1. The van der Waals surface area contributed by atoms with Gasteiger partial charge in [-0.1, -0.05) is 0 Å². The van der Waals surface area contributed by atoms with Crippen LogP contribution in [0.3, 0.4) is 0 Å². The van der Waals surface area contributed by atoms with Crippen LogP contribution in [0.5, 0.6) is 0 Å². The third-order valence-corrected chi connectivity index (χ3v) is 3.22. The molecule has 8 heteroatoms. The number of amides is 1. The van der Waals surface area contributed by atoms with Crippen molar-refractivity contribution < 1.29 is 4.79 Å². The van der Waals surface area contributed by atoms with Gasteiger partial charge in [0.1, 0.15) is 5.69 Å². The van der Waals surface area contributed by atoms with Crippen molar-refractivity contribution in [1.82, 2.24) is 28.8 Å². The fraction of sp³-hybridized carbons (Fsp3) is 0.455. The summed E-state index contributed by atoms with van der Waals surface area (Å²) in [5.74, 6) is 0.480. The van der Waals surface area contributed by atoms with Crippen molar-refractivity contribution in [3.05, 3.63) is 34.5 Å². The Hall–Kier alpha value is -2.38. The molecule has 8 nitrogen and oxygen atoms in total. The highest BCUT2D eigenvalue weighted by molar-refractivity contribution is 5.92. The monoisotopic (exact) mass is 262 g/mol. The molecule has 0 spiro atoms. The standard InChI is InChI=1S/C11H14N6O2/c1-14-5-8(12-7-14)10(18)16-3-4-17-9(6-16)13-15(2)11(17)19/h5,7H,3-4,6H2,1-2H3. The average Bonchev–Trinajstić information content (AvgIpc) is 2.94. The van der Waals surface area contributed by atoms with Crippen molar-refractivity contribution in [3.8, 4) is 0 Å². The molecule has 1 aliphatic heterocycles. The molecule has 0 saturated carbocycles. The lowest BCUT2D eigenvalue weighted by Gasteiger charge is -2.25. The SMILES string of the molecule is Cn1cnc(C(=O)N2CCn3c(nn(C)c3=O)C2)c1. The molecule has 2 aromatic heterocycles. The summed E-state index contributed by atoms with van der Waals surface area (Å²) in [6, 6.07) is 0. The van der Waals surface area contributed by atoms with Crippen LogP contribution in [0.25, 0.3) is 0 Å². The second-order valence-corrected chi connectivity index (χ2v) is 4.63. The van der Waals surface area contributed by atoms with E-state index in [-0.39, 0.29) is 11.6 Å². The molecule has 1 aliphatic rings. The molecule has 0 fully saturated rings. The highest BCUT2D eigenvalue weighted by Crippen LogP contribution is 2.11. The number of aryl methyl sites for hydroxylation is 2. The molecular weight excluding hydrogens is 248 g/mol. The smallest absolute Gasteiger partial charge is 0.340 e. The first-order chi connectivity index (χ1) is 9.06.